The molecule has 0 radical (unpaired) electrons. The maximum atomic E-state index is 9.34. The lowest BCUT2D eigenvalue weighted by Crippen LogP contribution is -1.97. The summed E-state index contributed by atoms with van der Waals surface area (Å²) in [5.41, 5.74) is 15.4. The molecule has 0 bridgehead atoms. The molecule has 0 aliphatic carbocycles. The number of para-hydroxylation sites is 1. The van der Waals surface area contributed by atoms with E-state index < -0.39 is 0 Å². The van der Waals surface area contributed by atoms with E-state index in [0.717, 1.165) is 89.2 Å². The highest BCUT2D eigenvalue weighted by Gasteiger charge is 2.16. The third-order valence-corrected chi connectivity index (χ3v) is 10.7. The lowest BCUT2D eigenvalue weighted by molar-refractivity contribution is 1.18. The van der Waals surface area contributed by atoms with Crippen LogP contribution in [0.5, 0.6) is 0 Å². The van der Waals surface area contributed by atoms with Crippen molar-refractivity contribution in [1.82, 2.24) is 19.9 Å². The normalized spacial score (nSPS) is 11.0. The van der Waals surface area contributed by atoms with E-state index in [-0.39, 0.29) is 0 Å². The first-order valence-electron chi connectivity index (χ1n) is 19.9. The minimum atomic E-state index is 0.634. The van der Waals surface area contributed by atoms with Gasteiger partial charge in [0.25, 0.3) is 0 Å². The van der Waals surface area contributed by atoms with Crippen molar-refractivity contribution in [3.05, 3.63) is 218 Å². The van der Waals surface area contributed by atoms with Gasteiger partial charge in [0.2, 0.25) is 0 Å². The predicted octanol–water partition coefficient (Wildman–Crippen LogP) is 13.6. The number of hydrogen-bond acceptors (Lipinski definition) is 5. The molecule has 0 unspecified atom stereocenters. The molecule has 0 fully saturated rings. The van der Waals surface area contributed by atoms with Crippen molar-refractivity contribution < 1.29 is 0 Å². The van der Waals surface area contributed by atoms with Crippen molar-refractivity contribution in [3.63, 3.8) is 0 Å². The number of fused-ring (bicyclic) bond motifs is 1. The van der Waals surface area contributed by atoms with Crippen molar-refractivity contribution in [3.8, 4) is 96.0 Å². The molecule has 0 atom stereocenters. The van der Waals surface area contributed by atoms with E-state index in [0.29, 0.717) is 17.2 Å². The lowest BCUT2D eigenvalue weighted by atomic mass is 9.93. The van der Waals surface area contributed by atoms with Crippen molar-refractivity contribution in [1.29, 1.82) is 5.26 Å². The third-order valence-electron chi connectivity index (χ3n) is 10.7. The van der Waals surface area contributed by atoms with Gasteiger partial charge < -0.3 is 0 Å². The summed E-state index contributed by atoms with van der Waals surface area (Å²) in [6, 6.07) is 74.6. The molecule has 10 aromatic rings. The molecule has 0 aliphatic heterocycles. The second kappa shape index (κ2) is 15.9. The second-order valence-electron chi connectivity index (χ2n) is 14.6. The van der Waals surface area contributed by atoms with Crippen LogP contribution in [-0.4, -0.2) is 19.9 Å². The summed E-state index contributed by atoms with van der Waals surface area (Å²) in [7, 11) is 0. The van der Waals surface area contributed by atoms with Gasteiger partial charge in [-0.15, -0.1) is 0 Å². The number of nitriles is 1. The van der Waals surface area contributed by atoms with Crippen molar-refractivity contribution in [2.75, 3.05) is 0 Å². The summed E-state index contributed by atoms with van der Waals surface area (Å²) in [6.07, 6.45) is 0. The minimum absolute atomic E-state index is 0.634. The summed E-state index contributed by atoms with van der Waals surface area (Å²) < 4.78 is 0. The SMILES string of the molecule is N#Cc1ccc(-c2cccc(-c3cc(-c4ccccc4-c4cccc(-c5cccc(-c6nc(-c7ccccc7)nc7ccccc67)c5)c4)nc(-c4ccccc4)n3)c2)cc1. The Labute approximate surface area is 348 Å². The molecule has 0 spiro atoms. The summed E-state index contributed by atoms with van der Waals surface area (Å²) in [5, 5.41) is 10.3. The Morgan fingerprint density at radius 3 is 1.52 bits per heavy atom. The van der Waals surface area contributed by atoms with E-state index in [1.54, 1.807) is 0 Å². The maximum Gasteiger partial charge on any atom is 0.160 e. The van der Waals surface area contributed by atoms with Crippen LogP contribution in [-0.2, 0) is 0 Å². The molecule has 5 nitrogen and oxygen atoms in total. The van der Waals surface area contributed by atoms with Crippen molar-refractivity contribution >= 4 is 10.9 Å². The molecule has 5 heteroatoms. The van der Waals surface area contributed by atoms with E-state index >= 15 is 0 Å². The molecule has 10 rings (SSSR count). The highest BCUT2D eigenvalue weighted by Crippen LogP contribution is 2.38. The highest BCUT2D eigenvalue weighted by atomic mass is 14.9. The first kappa shape index (κ1) is 36.0. The first-order chi connectivity index (χ1) is 29.7. The molecule has 2 aromatic heterocycles. The van der Waals surface area contributed by atoms with Gasteiger partial charge >= 0.3 is 0 Å². The first-order valence-corrected chi connectivity index (χ1v) is 19.9. The molecule has 0 aliphatic rings. The summed E-state index contributed by atoms with van der Waals surface area (Å²) in [6.45, 7) is 0. The van der Waals surface area contributed by atoms with E-state index in [4.69, 9.17) is 19.9 Å². The summed E-state index contributed by atoms with van der Waals surface area (Å²) >= 11 is 0. The van der Waals surface area contributed by atoms with E-state index in [9.17, 15) is 5.26 Å². The van der Waals surface area contributed by atoms with Gasteiger partial charge in [0.1, 0.15) is 0 Å². The number of nitrogens with zero attached hydrogens (tertiary/aromatic N) is 5. The van der Waals surface area contributed by atoms with Crippen LogP contribution in [0.3, 0.4) is 0 Å². The third kappa shape index (κ3) is 7.22. The van der Waals surface area contributed by atoms with E-state index in [1.807, 2.05) is 84.9 Å². The molecule has 0 saturated heterocycles. The topological polar surface area (TPSA) is 75.3 Å². The van der Waals surface area contributed by atoms with Gasteiger partial charge in [-0.1, -0.05) is 170 Å². The fourth-order valence-corrected chi connectivity index (χ4v) is 7.73. The monoisotopic (exact) mass is 765 g/mol. The van der Waals surface area contributed by atoms with Crippen LogP contribution >= 0.6 is 0 Å². The molecule has 0 N–H and O–H groups in total. The predicted molar refractivity (Wildman–Crippen MR) is 243 cm³/mol. The Morgan fingerprint density at radius 1 is 0.317 bits per heavy atom. The van der Waals surface area contributed by atoms with Crippen LogP contribution in [0.2, 0.25) is 0 Å². The van der Waals surface area contributed by atoms with Crippen LogP contribution in [0, 0.1) is 11.3 Å². The Morgan fingerprint density at radius 2 is 0.817 bits per heavy atom. The van der Waals surface area contributed by atoms with Crippen molar-refractivity contribution in [2.24, 2.45) is 0 Å². The zero-order chi connectivity index (χ0) is 40.3. The maximum absolute atomic E-state index is 9.34. The Kier molecular flexibility index (Phi) is 9.55. The molecule has 60 heavy (non-hydrogen) atoms. The zero-order valence-electron chi connectivity index (χ0n) is 32.4. The van der Waals surface area contributed by atoms with Gasteiger partial charge in [-0.3, -0.25) is 0 Å². The number of benzene rings is 8. The average Bonchev–Trinajstić information content (AvgIpc) is 3.34. The Hall–Kier alpha value is -8.33. The molecule has 0 saturated carbocycles. The minimum Gasteiger partial charge on any atom is -0.228 e. The van der Waals surface area contributed by atoms with Gasteiger partial charge in [-0.2, -0.15) is 5.26 Å². The van der Waals surface area contributed by atoms with Gasteiger partial charge in [-0.25, -0.2) is 19.9 Å². The van der Waals surface area contributed by atoms with Crippen LogP contribution in [0.1, 0.15) is 5.56 Å². The fraction of sp³-hybridized carbons (Fsp3) is 0. The summed E-state index contributed by atoms with van der Waals surface area (Å²) in [5.74, 6) is 1.36. The summed E-state index contributed by atoms with van der Waals surface area (Å²) in [4.78, 5) is 20.4. The highest BCUT2D eigenvalue weighted by molar-refractivity contribution is 5.95. The number of rotatable bonds is 8. The molecular formula is C55H35N5. The zero-order valence-corrected chi connectivity index (χ0v) is 32.4. The van der Waals surface area contributed by atoms with E-state index in [2.05, 4.69) is 133 Å². The van der Waals surface area contributed by atoms with Crippen LogP contribution in [0.4, 0.5) is 0 Å². The fourth-order valence-electron chi connectivity index (χ4n) is 7.73. The number of aromatic nitrogens is 4. The smallest absolute Gasteiger partial charge is 0.160 e. The quantitative estimate of drug-likeness (QED) is 0.154. The molecule has 0 amide bonds. The molecule has 8 aromatic carbocycles. The van der Waals surface area contributed by atoms with Crippen LogP contribution in [0.25, 0.3) is 101 Å². The van der Waals surface area contributed by atoms with Gasteiger partial charge in [0.05, 0.1) is 34.2 Å². The second-order valence-corrected chi connectivity index (χ2v) is 14.6. The average molecular weight is 766 g/mol. The van der Waals surface area contributed by atoms with Crippen LogP contribution in [0.15, 0.2) is 212 Å². The van der Waals surface area contributed by atoms with Gasteiger partial charge in [0.15, 0.2) is 11.6 Å². The standard InChI is InChI=1S/C55H35N5/c56-36-37-28-30-38(31-29-37)41-18-12-22-45(33-41)51-35-52(59-54(58-51)39-14-3-1-4-15-39)48-25-8-7-24-47(48)44-21-11-19-42(32-44)43-20-13-23-46(34-43)53-49-26-9-10-27-50(49)57-55(60-53)40-16-5-2-6-17-40/h1-35H. The van der Waals surface area contributed by atoms with E-state index in [1.165, 1.54) is 0 Å². The molecule has 280 valence electrons. The van der Waals surface area contributed by atoms with Gasteiger partial charge in [0, 0.05) is 33.2 Å². The van der Waals surface area contributed by atoms with Crippen molar-refractivity contribution in [2.45, 2.75) is 0 Å². The van der Waals surface area contributed by atoms with Gasteiger partial charge in [-0.05, 0) is 75.8 Å². The Bertz CT molecular complexity index is 3210. The molecular weight excluding hydrogens is 731 g/mol. The Balaban J connectivity index is 1.05. The largest absolute Gasteiger partial charge is 0.228 e. The van der Waals surface area contributed by atoms with Crippen LogP contribution < -0.4 is 0 Å². The lowest BCUT2D eigenvalue weighted by Gasteiger charge is -2.14. The molecule has 2 heterocycles. The number of hydrogen-bond donors (Lipinski definition) is 0.